The van der Waals surface area contributed by atoms with E-state index in [1.54, 1.807) is 0 Å². The highest BCUT2D eigenvalue weighted by Gasteiger charge is 2.26. The Morgan fingerprint density at radius 3 is 2.33 bits per heavy atom. The normalized spacial score (nSPS) is 22.3. The predicted octanol–water partition coefficient (Wildman–Crippen LogP) is 2.04. The molecule has 0 saturated carbocycles. The molecule has 0 amide bonds. The van der Waals surface area contributed by atoms with E-state index in [0.29, 0.717) is 6.04 Å². The van der Waals surface area contributed by atoms with Gasteiger partial charge in [0.2, 0.25) is 0 Å². The van der Waals surface area contributed by atoms with Crippen LogP contribution in [0.25, 0.3) is 0 Å². The third-order valence-corrected chi connectivity index (χ3v) is 4.52. The molecule has 2 unspecified atom stereocenters. The van der Waals surface area contributed by atoms with Crippen LogP contribution >= 0.6 is 0 Å². The molecule has 0 aromatic rings. The summed E-state index contributed by atoms with van der Waals surface area (Å²) in [5.41, 5.74) is 0. The highest BCUT2D eigenvalue weighted by Crippen LogP contribution is 2.19. The van der Waals surface area contributed by atoms with Gasteiger partial charge in [-0.2, -0.15) is 0 Å². The molecule has 108 valence electrons. The number of nitrogens with one attached hydrogen (secondary N) is 1. The molecular formula is C15H33N3. The van der Waals surface area contributed by atoms with Crippen molar-refractivity contribution >= 4 is 0 Å². The average Bonchev–Trinajstić information content (AvgIpc) is 2.38. The fourth-order valence-corrected chi connectivity index (χ4v) is 2.85. The van der Waals surface area contributed by atoms with Gasteiger partial charge >= 0.3 is 0 Å². The van der Waals surface area contributed by atoms with Gasteiger partial charge in [-0.3, -0.25) is 0 Å². The van der Waals surface area contributed by atoms with Gasteiger partial charge in [0.05, 0.1) is 0 Å². The molecule has 1 heterocycles. The van der Waals surface area contributed by atoms with E-state index in [0.717, 1.165) is 25.0 Å². The number of piperidine rings is 1. The molecule has 2 atom stereocenters. The molecular weight excluding hydrogens is 222 g/mol. The fourth-order valence-electron chi connectivity index (χ4n) is 2.85. The molecule has 0 aromatic carbocycles. The minimum absolute atomic E-state index is 0.706. The largest absolute Gasteiger partial charge is 0.316 e. The summed E-state index contributed by atoms with van der Waals surface area (Å²) in [7, 11) is 4.42. The van der Waals surface area contributed by atoms with E-state index in [2.05, 4.69) is 50.0 Å². The molecule has 0 spiro atoms. The van der Waals surface area contributed by atoms with E-state index in [1.165, 1.54) is 32.4 Å². The van der Waals surface area contributed by atoms with Crippen LogP contribution in [0.15, 0.2) is 0 Å². The highest BCUT2D eigenvalue weighted by molar-refractivity contribution is 4.82. The summed E-state index contributed by atoms with van der Waals surface area (Å²) in [6, 6.07) is 1.50. The lowest BCUT2D eigenvalue weighted by Gasteiger charge is -2.40. The summed E-state index contributed by atoms with van der Waals surface area (Å²) in [6.07, 6.45) is 3.88. The second-order valence-corrected chi connectivity index (χ2v) is 6.15. The Labute approximate surface area is 114 Å². The maximum Gasteiger partial charge on any atom is 0.0113 e. The van der Waals surface area contributed by atoms with Crippen molar-refractivity contribution in [1.29, 1.82) is 0 Å². The molecule has 1 aliphatic heterocycles. The van der Waals surface area contributed by atoms with E-state index in [9.17, 15) is 0 Å². The van der Waals surface area contributed by atoms with Crippen molar-refractivity contribution in [2.75, 3.05) is 40.3 Å². The fraction of sp³-hybridized carbons (Fsp3) is 1.00. The molecule has 0 bridgehead atoms. The van der Waals surface area contributed by atoms with Gasteiger partial charge in [-0.15, -0.1) is 0 Å². The van der Waals surface area contributed by atoms with Crippen LogP contribution in [0, 0.1) is 5.92 Å². The molecule has 3 nitrogen and oxygen atoms in total. The number of rotatable bonds is 7. The molecule has 3 heteroatoms. The van der Waals surface area contributed by atoms with Gasteiger partial charge in [0.1, 0.15) is 0 Å². The molecule has 1 saturated heterocycles. The van der Waals surface area contributed by atoms with E-state index in [1.807, 2.05) is 0 Å². The van der Waals surface area contributed by atoms with E-state index in [-0.39, 0.29) is 0 Å². The molecule has 1 fully saturated rings. The molecule has 18 heavy (non-hydrogen) atoms. The third kappa shape index (κ3) is 4.87. The van der Waals surface area contributed by atoms with Crippen LogP contribution in [0.1, 0.15) is 40.0 Å². The van der Waals surface area contributed by atoms with Crippen molar-refractivity contribution in [3.63, 3.8) is 0 Å². The maximum absolute atomic E-state index is 3.55. The topological polar surface area (TPSA) is 18.5 Å². The van der Waals surface area contributed by atoms with Crippen molar-refractivity contribution in [2.24, 2.45) is 5.92 Å². The van der Waals surface area contributed by atoms with Crippen LogP contribution < -0.4 is 5.32 Å². The van der Waals surface area contributed by atoms with Crippen molar-refractivity contribution in [3.8, 4) is 0 Å². The van der Waals surface area contributed by atoms with Gasteiger partial charge in [-0.05, 0) is 72.4 Å². The third-order valence-electron chi connectivity index (χ3n) is 4.52. The SMILES string of the molecule is CCCNCC(C)C(C)N1CCC(N(C)C)CC1. The lowest BCUT2D eigenvalue weighted by molar-refractivity contribution is 0.0913. The molecule has 0 aliphatic carbocycles. The zero-order valence-corrected chi connectivity index (χ0v) is 13.1. The standard InChI is InChI=1S/C15H33N3/c1-6-9-16-12-13(2)14(3)18-10-7-15(8-11-18)17(4)5/h13-16H,6-12H2,1-5H3. The molecule has 0 aromatic heterocycles. The second kappa shape index (κ2) is 8.13. The molecule has 1 N–H and O–H groups in total. The summed E-state index contributed by atoms with van der Waals surface area (Å²) >= 11 is 0. The smallest absolute Gasteiger partial charge is 0.0113 e. The first kappa shape index (κ1) is 15.9. The van der Waals surface area contributed by atoms with Crippen molar-refractivity contribution < 1.29 is 0 Å². The van der Waals surface area contributed by atoms with E-state index in [4.69, 9.17) is 0 Å². The van der Waals surface area contributed by atoms with Crippen molar-refractivity contribution in [3.05, 3.63) is 0 Å². The average molecular weight is 255 g/mol. The first-order valence-electron chi connectivity index (χ1n) is 7.67. The molecule has 0 radical (unpaired) electrons. The monoisotopic (exact) mass is 255 g/mol. The van der Waals surface area contributed by atoms with E-state index >= 15 is 0 Å². The Hall–Kier alpha value is -0.120. The minimum Gasteiger partial charge on any atom is -0.316 e. The van der Waals surface area contributed by atoms with Crippen molar-refractivity contribution in [1.82, 2.24) is 15.1 Å². The minimum atomic E-state index is 0.706. The predicted molar refractivity (Wildman–Crippen MR) is 80.1 cm³/mol. The Morgan fingerprint density at radius 1 is 1.22 bits per heavy atom. The summed E-state index contributed by atoms with van der Waals surface area (Å²) in [5.74, 6) is 0.743. The maximum atomic E-state index is 3.55. The Balaban J connectivity index is 2.28. The van der Waals surface area contributed by atoms with Gasteiger partial charge in [-0.25, -0.2) is 0 Å². The van der Waals surface area contributed by atoms with Gasteiger partial charge in [-0.1, -0.05) is 13.8 Å². The number of nitrogens with zero attached hydrogens (tertiary/aromatic N) is 2. The van der Waals surface area contributed by atoms with E-state index < -0.39 is 0 Å². The summed E-state index contributed by atoms with van der Waals surface area (Å²) in [4.78, 5) is 5.06. The van der Waals surface area contributed by atoms with Crippen molar-refractivity contribution in [2.45, 2.75) is 52.1 Å². The quantitative estimate of drug-likeness (QED) is 0.702. The van der Waals surface area contributed by atoms with Crippen LogP contribution in [0.4, 0.5) is 0 Å². The Kier molecular flexibility index (Phi) is 7.20. The van der Waals surface area contributed by atoms with Gasteiger partial charge in [0.15, 0.2) is 0 Å². The van der Waals surface area contributed by atoms with Gasteiger partial charge in [0, 0.05) is 12.1 Å². The Bertz CT molecular complexity index is 210. The van der Waals surface area contributed by atoms with Crippen LogP contribution in [0.3, 0.4) is 0 Å². The second-order valence-electron chi connectivity index (χ2n) is 6.15. The number of likely N-dealkylation sites (tertiary alicyclic amines) is 1. The molecule has 1 rings (SSSR count). The van der Waals surface area contributed by atoms with Crippen LogP contribution in [-0.4, -0.2) is 62.2 Å². The number of hydrogen-bond donors (Lipinski definition) is 1. The lowest BCUT2D eigenvalue weighted by atomic mass is 9.97. The summed E-state index contributed by atoms with van der Waals surface area (Å²) < 4.78 is 0. The highest BCUT2D eigenvalue weighted by atomic mass is 15.2. The molecule has 1 aliphatic rings. The van der Waals surface area contributed by atoms with Crippen LogP contribution in [0.5, 0.6) is 0 Å². The lowest BCUT2D eigenvalue weighted by Crippen LogP contribution is -2.48. The zero-order valence-electron chi connectivity index (χ0n) is 13.1. The van der Waals surface area contributed by atoms with Crippen LogP contribution in [0.2, 0.25) is 0 Å². The number of hydrogen-bond acceptors (Lipinski definition) is 3. The first-order valence-corrected chi connectivity index (χ1v) is 7.67. The first-order chi connectivity index (χ1) is 8.56. The van der Waals surface area contributed by atoms with Gasteiger partial charge in [0.25, 0.3) is 0 Å². The van der Waals surface area contributed by atoms with Gasteiger partial charge < -0.3 is 15.1 Å². The zero-order chi connectivity index (χ0) is 13.5. The summed E-state index contributed by atoms with van der Waals surface area (Å²) in [5, 5.41) is 3.55. The van der Waals surface area contributed by atoms with Crippen LogP contribution in [-0.2, 0) is 0 Å². The summed E-state index contributed by atoms with van der Waals surface area (Å²) in [6.45, 7) is 11.8. The Morgan fingerprint density at radius 2 is 1.83 bits per heavy atom.